The van der Waals surface area contributed by atoms with E-state index in [2.05, 4.69) is 51.7 Å². The van der Waals surface area contributed by atoms with Crippen molar-refractivity contribution in [2.75, 3.05) is 12.3 Å². The normalized spacial score (nSPS) is 29.6. The minimum Gasteiger partial charge on any atom is -0.313 e. The molecule has 1 nitrogen and oxygen atoms in total. The van der Waals surface area contributed by atoms with E-state index in [9.17, 15) is 0 Å². The second-order valence-corrected chi connectivity index (χ2v) is 7.61. The van der Waals surface area contributed by atoms with Crippen molar-refractivity contribution in [3.63, 3.8) is 0 Å². The predicted octanol–water partition coefficient (Wildman–Crippen LogP) is 3.93. The molecule has 0 saturated heterocycles. The van der Waals surface area contributed by atoms with Gasteiger partial charge < -0.3 is 5.32 Å². The third kappa shape index (κ3) is 4.67. The second-order valence-electron chi connectivity index (χ2n) is 6.34. The average molecular weight is 243 g/mol. The van der Waals surface area contributed by atoms with Crippen molar-refractivity contribution in [2.24, 2.45) is 11.3 Å². The molecule has 2 unspecified atom stereocenters. The van der Waals surface area contributed by atoms with E-state index in [1.807, 2.05) is 0 Å². The molecule has 0 amide bonds. The third-order valence-corrected chi connectivity index (χ3v) is 5.23. The van der Waals surface area contributed by atoms with Gasteiger partial charge in [-0.2, -0.15) is 11.8 Å². The van der Waals surface area contributed by atoms with Crippen LogP contribution in [0.2, 0.25) is 0 Å². The first-order valence-electron chi connectivity index (χ1n) is 6.79. The summed E-state index contributed by atoms with van der Waals surface area (Å²) in [6.45, 7) is 12.8. The van der Waals surface area contributed by atoms with Crippen LogP contribution >= 0.6 is 11.8 Å². The highest BCUT2D eigenvalue weighted by molar-refractivity contribution is 7.99. The fourth-order valence-electron chi connectivity index (χ4n) is 2.51. The lowest BCUT2D eigenvalue weighted by Crippen LogP contribution is -2.45. The molecule has 1 aliphatic carbocycles. The highest BCUT2D eigenvalue weighted by atomic mass is 32.2. The molecule has 0 aromatic rings. The highest BCUT2D eigenvalue weighted by Crippen LogP contribution is 2.40. The van der Waals surface area contributed by atoms with Crippen LogP contribution in [0.3, 0.4) is 0 Å². The van der Waals surface area contributed by atoms with Crippen LogP contribution in [-0.2, 0) is 0 Å². The number of thioether (sulfide) groups is 1. The van der Waals surface area contributed by atoms with Gasteiger partial charge in [-0.3, -0.25) is 0 Å². The molecule has 0 radical (unpaired) electrons. The van der Waals surface area contributed by atoms with E-state index >= 15 is 0 Å². The molecule has 0 aliphatic heterocycles. The molecular weight excluding hydrogens is 214 g/mol. The van der Waals surface area contributed by atoms with Gasteiger partial charge in [-0.15, -0.1) is 0 Å². The molecule has 2 heteroatoms. The maximum absolute atomic E-state index is 3.68. The van der Waals surface area contributed by atoms with E-state index in [1.54, 1.807) is 0 Å². The van der Waals surface area contributed by atoms with Crippen molar-refractivity contribution in [3.8, 4) is 0 Å². The van der Waals surface area contributed by atoms with Crippen LogP contribution in [0, 0.1) is 11.3 Å². The first kappa shape index (κ1) is 14.4. The number of rotatable bonds is 5. The Hall–Kier alpha value is 0.310. The zero-order chi connectivity index (χ0) is 12.2. The van der Waals surface area contributed by atoms with Crippen LogP contribution in [0.4, 0.5) is 0 Å². The van der Waals surface area contributed by atoms with E-state index in [-0.39, 0.29) is 0 Å². The van der Waals surface area contributed by atoms with Gasteiger partial charge in [0.2, 0.25) is 0 Å². The van der Waals surface area contributed by atoms with E-state index in [1.165, 1.54) is 25.0 Å². The maximum Gasteiger partial charge on any atom is 0.0206 e. The van der Waals surface area contributed by atoms with Crippen LogP contribution < -0.4 is 5.32 Å². The first-order chi connectivity index (χ1) is 7.44. The highest BCUT2D eigenvalue weighted by Gasteiger charge is 2.34. The lowest BCUT2D eigenvalue weighted by Gasteiger charge is -2.41. The van der Waals surface area contributed by atoms with E-state index in [0.29, 0.717) is 5.41 Å². The molecule has 0 aromatic carbocycles. The Balaban J connectivity index is 2.50. The van der Waals surface area contributed by atoms with Crippen molar-refractivity contribution >= 4 is 11.8 Å². The minimum atomic E-state index is 0.556. The zero-order valence-corrected chi connectivity index (χ0v) is 12.5. The smallest absolute Gasteiger partial charge is 0.0206 e. The van der Waals surface area contributed by atoms with E-state index in [0.717, 1.165) is 23.8 Å². The van der Waals surface area contributed by atoms with Gasteiger partial charge in [0.1, 0.15) is 0 Å². The van der Waals surface area contributed by atoms with Gasteiger partial charge in [-0.25, -0.2) is 0 Å². The summed E-state index contributed by atoms with van der Waals surface area (Å²) in [6, 6.07) is 0.752. The molecule has 0 heterocycles. The Morgan fingerprint density at radius 1 is 1.38 bits per heavy atom. The molecule has 1 rings (SSSR count). The molecule has 16 heavy (non-hydrogen) atoms. The number of hydrogen-bond acceptors (Lipinski definition) is 2. The van der Waals surface area contributed by atoms with Crippen molar-refractivity contribution < 1.29 is 0 Å². The summed E-state index contributed by atoms with van der Waals surface area (Å²) < 4.78 is 0. The molecule has 0 aromatic heterocycles. The third-order valence-electron chi connectivity index (χ3n) is 3.44. The Morgan fingerprint density at radius 3 is 2.62 bits per heavy atom. The topological polar surface area (TPSA) is 12.0 Å². The second kappa shape index (κ2) is 6.30. The summed E-state index contributed by atoms with van der Waals surface area (Å²) in [5.74, 6) is 2.13. The summed E-state index contributed by atoms with van der Waals surface area (Å²) in [5, 5.41) is 4.50. The zero-order valence-electron chi connectivity index (χ0n) is 11.7. The van der Waals surface area contributed by atoms with Crippen molar-refractivity contribution in [2.45, 2.75) is 65.2 Å². The fourth-order valence-corrected chi connectivity index (χ4v) is 4.17. The summed E-state index contributed by atoms with van der Waals surface area (Å²) in [6.07, 6.45) is 4.11. The largest absolute Gasteiger partial charge is 0.313 e. The van der Waals surface area contributed by atoms with Crippen LogP contribution in [0.15, 0.2) is 0 Å². The van der Waals surface area contributed by atoms with Gasteiger partial charge >= 0.3 is 0 Å². The standard InChI is InChI=1S/C14H29NS/c1-6-15-12-7-8-14(4,5)9-13(12)16-10-11(2)3/h11-13,15H,6-10H2,1-5H3. The SMILES string of the molecule is CCNC1CCC(C)(C)CC1SCC(C)C. The molecule has 0 bridgehead atoms. The van der Waals surface area contributed by atoms with Crippen molar-refractivity contribution in [1.82, 2.24) is 5.32 Å². The molecule has 1 aliphatic rings. The molecule has 96 valence electrons. The lowest BCUT2D eigenvalue weighted by atomic mass is 9.75. The molecule has 1 saturated carbocycles. The van der Waals surface area contributed by atoms with Crippen LogP contribution in [0.1, 0.15) is 53.9 Å². The van der Waals surface area contributed by atoms with Gasteiger partial charge in [0, 0.05) is 11.3 Å². The van der Waals surface area contributed by atoms with Gasteiger partial charge in [0.25, 0.3) is 0 Å². The van der Waals surface area contributed by atoms with Crippen molar-refractivity contribution in [3.05, 3.63) is 0 Å². The first-order valence-corrected chi connectivity index (χ1v) is 7.84. The van der Waals surface area contributed by atoms with E-state index < -0.39 is 0 Å². The minimum absolute atomic E-state index is 0.556. The summed E-state index contributed by atoms with van der Waals surface area (Å²) in [4.78, 5) is 0. The predicted molar refractivity (Wildman–Crippen MR) is 76.2 cm³/mol. The summed E-state index contributed by atoms with van der Waals surface area (Å²) >= 11 is 2.19. The van der Waals surface area contributed by atoms with E-state index in [4.69, 9.17) is 0 Å². The average Bonchev–Trinajstić information content (AvgIpc) is 2.18. The van der Waals surface area contributed by atoms with Crippen molar-refractivity contribution in [1.29, 1.82) is 0 Å². The van der Waals surface area contributed by atoms with Crippen LogP contribution in [0.5, 0.6) is 0 Å². The number of hydrogen-bond donors (Lipinski definition) is 1. The van der Waals surface area contributed by atoms with Gasteiger partial charge in [-0.1, -0.05) is 34.6 Å². The maximum atomic E-state index is 3.68. The quantitative estimate of drug-likeness (QED) is 0.785. The van der Waals surface area contributed by atoms with Crippen LogP contribution in [-0.4, -0.2) is 23.6 Å². The molecular formula is C14H29NS. The Bertz CT molecular complexity index is 201. The van der Waals surface area contributed by atoms with Gasteiger partial charge in [0.05, 0.1) is 0 Å². The monoisotopic (exact) mass is 243 g/mol. The fraction of sp³-hybridized carbons (Fsp3) is 1.00. The summed E-state index contributed by atoms with van der Waals surface area (Å²) in [5.41, 5.74) is 0.556. The summed E-state index contributed by atoms with van der Waals surface area (Å²) in [7, 11) is 0. The molecule has 0 spiro atoms. The van der Waals surface area contributed by atoms with Crippen LogP contribution in [0.25, 0.3) is 0 Å². The lowest BCUT2D eigenvalue weighted by molar-refractivity contribution is 0.215. The molecule has 2 atom stereocenters. The molecule has 1 N–H and O–H groups in total. The Kier molecular flexibility index (Phi) is 5.66. The van der Waals surface area contributed by atoms with Gasteiger partial charge in [0.15, 0.2) is 0 Å². The molecule has 1 fully saturated rings. The number of nitrogens with one attached hydrogen (secondary N) is 1. The van der Waals surface area contributed by atoms with Gasteiger partial charge in [-0.05, 0) is 42.9 Å². The Morgan fingerprint density at radius 2 is 2.06 bits per heavy atom. The Labute approximate surface area is 106 Å².